The van der Waals surface area contributed by atoms with Gasteiger partial charge < -0.3 is 4.74 Å². The summed E-state index contributed by atoms with van der Waals surface area (Å²) >= 11 is 0. The molecule has 0 bridgehead atoms. The first kappa shape index (κ1) is 11.8. The Balaban J connectivity index is 2.25. The number of nitrogens with zero attached hydrogens (tertiary/aromatic N) is 1. The molecule has 0 atom stereocenters. The number of nitro benzene ring substituents is 1. The van der Waals surface area contributed by atoms with Crippen molar-refractivity contribution in [3.05, 3.63) is 70.3 Å². The molecule has 2 aromatic carbocycles. The molecule has 0 aromatic heterocycles. The number of rotatable bonds is 3. The molecular formula is C13H8NO4. The van der Waals surface area contributed by atoms with Gasteiger partial charge >= 0.3 is 11.7 Å². The second kappa shape index (κ2) is 5.09. The first-order valence-corrected chi connectivity index (χ1v) is 5.11. The van der Waals surface area contributed by atoms with Crippen molar-refractivity contribution in [3.8, 4) is 5.75 Å². The van der Waals surface area contributed by atoms with Crippen LogP contribution in [0.4, 0.5) is 5.69 Å². The van der Waals surface area contributed by atoms with Gasteiger partial charge in [-0.25, -0.2) is 4.79 Å². The minimum Gasteiger partial charge on any atom is -0.415 e. The Hall–Kier alpha value is -2.69. The summed E-state index contributed by atoms with van der Waals surface area (Å²) < 4.78 is 4.96. The minimum absolute atomic E-state index is 0.184. The van der Waals surface area contributed by atoms with Crippen LogP contribution in [0.3, 0.4) is 0 Å². The molecule has 0 N–H and O–H groups in total. The van der Waals surface area contributed by atoms with Gasteiger partial charge in [0.2, 0.25) is 5.75 Å². The molecule has 5 nitrogen and oxygen atoms in total. The maximum atomic E-state index is 11.7. The van der Waals surface area contributed by atoms with Crippen molar-refractivity contribution in [2.24, 2.45) is 0 Å². The summed E-state index contributed by atoms with van der Waals surface area (Å²) in [5.74, 6) is -0.836. The highest BCUT2D eigenvalue weighted by Crippen LogP contribution is 2.25. The topological polar surface area (TPSA) is 69.4 Å². The lowest BCUT2D eigenvalue weighted by Crippen LogP contribution is -2.09. The second-order valence-corrected chi connectivity index (χ2v) is 3.40. The van der Waals surface area contributed by atoms with Crippen molar-refractivity contribution in [2.75, 3.05) is 0 Å². The van der Waals surface area contributed by atoms with E-state index >= 15 is 0 Å². The number of para-hydroxylation sites is 1. The van der Waals surface area contributed by atoms with Crippen molar-refractivity contribution in [1.29, 1.82) is 0 Å². The number of nitro groups is 1. The standard InChI is InChI=1S/C13H8NO4/c15-13(10-6-2-1-3-7-10)18-12-9-5-4-8-11(12)14(16)17/h1-8H. The third-order valence-corrected chi connectivity index (χ3v) is 2.20. The van der Waals surface area contributed by atoms with E-state index in [1.54, 1.807) is 30.3 Å². The lowest BCUT2D eigenvalue weighted by molar-refractivity contribution is -0.385. The molecule has 0 aliphatic carbocycles. The average Bonchev–Trinajstić information content (AvgIpc) is 2.40. The van der Waals surface area contributed by atoms with Gasteiger partial charge in [-0.05, 0) is 18.2 Å². The Kier molecular flexibility index (Phi) is 3.33. The Morgan fingerprint density at radius 1 is 1.17 bits per heavy atom. The average molecular weight is 242 g/mol. The smallest absolute Gasteiger partial charge is 0.343 e. The molecule has 0 spiro atoms. The summed E-state index contributed by atoms with van der Waals surface area (Å²) in [6.45, 7) is 0. The molecule has 18 heavy (non-hydrogen) atoms. The molecule has 2 aromatic rings. The third-order valence-electron chi connectivity index (χ3n) is 2.20. The van der Waals surface area contributed by atoms with Crippen LogP contribution >= 0.6 is 0 Å². The van der Waals surface area contributed by atoms with E-state index in [1.807, 2.05) is 0 Å². The molecule has 0 aliphatic rings. The van der Waals surface area contributed by atoms with Crippen LogP contribution in [0, 0.1) is 16.2 Å². The van der Waals surface area contributed by atoms with Gasteiger partial charge in [-0.1, -0.05) is 24.3 Å². The van der Waals surface area contributed by atoms with Crippen molar-refractivity contribution in [2.45, 2.75) is 0 Å². The predicted molar refractivity (Wildman–Crippen MR) is 63.3 cm³/mol. The maximum Gasteiger partial charge on any atom is 0.343 e. The van der Waals surface area contributed by atoms with Gasteiger partial charge in [-0.2, -0.15) is 0 Å². The van der Waals surface area contributed by atoms with Crippen molar-refractivity contribution < 1.29 is 14.5 Å². The summed E-state index contributed by atoms with van der Waals surface area (Å²) in [7, 11) is 0. The summed E-state index contributed by atoms with van der Waals surface area (Å²) in [6, 6.07) is 14.9. The first-order chi connectivity index (χ1) is 8.68. The number of esters is 1. The molecule has 2 rings (SSSR count). The molecule has 0 saturated heterocycles. The van der Waals surface area contributed by atoms with Gasteiger partial charge in [-0.3, -0.25) is 10.1 Å². The molecule has 1 radical (unpaired) electrons. The van der Waals surface area contributed by atoms with Crippen LogP contribution in [0.15, 0.2) is 48.5 Å². The second-order valence-electron chi connectivity index (χ2n) is 3.40. The number of carbonyl (C=O) groups is 1. The van der Waals surface area contributed by atoms with Gasteiger partial charge in [-0.15, -0.1) is 0 Å². The van der Waals surface area contributed by atoms with Crippen LogP contribution < -0.4 is 4.74 Å². The van der Waals surface area contributed by atoms with Gasteiger partial charge in [0.25, 0.3) is 0 Å². The molecule has 0 fully saturated rings. The number of hydrogen-bond acceptors (Lipinski definition) is 4. The van der Waals surface area contributed by atoms with E-state index in [2.05, 4.69) is 6.07 Å². The van der Waals surface area contributed by atoms with Gasteiger partial charge in [0, 0.05) is 12.1 Å². The number of benzene rings is 2. The molecule has 0 aliphatic heterocycles. The summed E-state index contributed by atoms with van der Waals surface area (Å²) in [5, 5.41) is 10.7. The Morgan fingerprint density at radius 3 is 2.56 bits per heavy atom. The lowest BCUT2D eigenvalue weighted by Gasteiger charge is -2.03. The highest BCUT2D eigenvalue weighted by atomic mass is 16.6. The Labute approximate surface area is 103 Å². The van der Waals surface area contributed by atoms with E-state index in [-0.39, 0.29) is 11.4 Å². The normalized spacial score (nSPS) is 9.78. The SMILES string of the molecule is O=C(Oc1[c]cccc1[N+](=O)[O-])c1ccccc1. The fourth-order valence-corrected chi connectivity index (χ4v) is 1.36. The quantitative estimate of drug-likeness (QED) is 0.359. The van der Waals surface area contributed by atoms with Gasteiger partial charge in [0.05, 0.1) is 10.5 Å². The zero-order valence-corrected chi connectivity index (χ0v) is 9.20. The highest BCUT2D eigenvalue weighted by molar-refractivity contribution is 5.91. The molecule has 0 amide bonds. The van der Waals surface area contributed by atoms with Crippen molar-refractivity contribution in [1.82, 2.24) is 0 Å². The molecule has 5 heteroatoms. The van der Waals surface area contributed by atoms with Gasteiger partial charge in [0.1, 0.15) is 0 Å². The predicted octanol–water partition coefficient (Wildman–Crippen LogP) is 2.61. The van der Waals surface area contributed by atoms with Gasteiger partial charge in [0.15, 0.2) is 0 Å². The van der Waals surface area contributed by atoms with Crippen molar-refractivity contribution in [3.63, 3.8) is 0 Å². The van der Waals surface area contributed by atoms with Crippen LogP contribution in [0.2, 0.25) is 0 Å². The molecular weight excluding hydrogens is 234 g/mol. The Morgan fingerprint density at radius 2 is 1.89 bits per heavy atom. The first-order valence-electron chi connectivity index (χ1n) is 5.11. The molecule has 0 saturated carbocycles. The Bertz CT molecular complexity index is 581. The number of ether oxygens (including phenoxy) is 1. The van der Waals surface area contributed by atoms with E-state index in [4.69, 9.17) is 4.74 Å². The fraction of sp³-hybridized carbons (Fsp3) is 0. The molecule has 0 unspecified atom stereocenters. The summed E-state index contributed by atoms with van der Waals surface area (Å²) in [4.78, 5) is 21.8. The minimum atomic E-state index is -0.652. The van der Waals surface area contributed by atoms with E-state index < -0.39 is 10.9 Å². The molecule has 89 valence electrons. The number of carbonyl (C=O) groups excluding carboxylic acids is 1. The maximum absolute atomic E-state index is 11.7. The van der Waals surface area contributed by atoms with E-state index in [1.165, 1.54) is 18.2 Å². The largest absolute Gasteiger partial charge is 0.415 e. The number of hydrogen-bond donors (Lipinski definition) is 0. The zero-order valence-electron chi connectivity index (χ0n) is 9.20. The van der Waals surface area contributed by atoms with Crippen LogP contribution in [-0.2, 0) is 0 Å². The highest BCUT2D eigenvalue weighted by Gasteiger charge is 2.17. The fourth-order valence-electron chi connectivity index (χ4n) is 1.36. The van der Waals surface area contributed by atoms with Crippen LogP contribution in [0.5, 0.6) is 5.75 Å². The molecule has 0 heterocycles. The monoisotopic (exact) mass is 242 g/mol. The van der Waals surface area contributed by atoms with Crippen LogP contribution in [0.25, 0.3) is 0 Å². The van der Waals surface area contributed by atoms with E-state index in [0.29, 0.717) is 5.56 Å². The van der Waals surface area contributed by atoms with Crippen molar-refractivity contribution >= 4 is 11.7 Å². The summed E-state index contributed by atoms with van der Waals surface area (Å²) in [5.41, 5.74) is 0.0332. The van der Waals surface area contributed by atoms with E-state index in [9.17, 15) is 14.9 Å². The third kappa shape index (κ3) is 2.52. The zero-order chi connectivity index (χ0) is 13.0. The van der Waals surface area contributed by atoms with Crippen LogP contribution in [-0.4, -0.2) is 10.9 Å². The van der Waals surface area contributed by atoms with Crippen LogP contribution in [0.1, 0.15) is 10.4 Å². The van der Waals surface area contributed by atoms with E-state index in [0.717, 1.165) is 0 Å². The lowest BCUT2D eigenvalue weighted by atomic mass is 10.2. The summed E-state index contributed by atoms with van der Waals surface area (Å²) in [6.07, 6.45) is 0.